The van der Waals surface area contributed by atoms with Crippen LogP contribution in [0, 0.1) is 12.8 Å². The van der Waals surface area contributed by atoms with E-state index in [1.54, 1.807) is 23.3 Å². The quantitative estimate of drug-likeness (QED) is 0.864. The Labute approximate surface area is 139 Å². The number of rotatable bonds is 4. The zero-order valence-corrected chi connectivity index (χ0v) is 14.4. The Morgan fingerprint density at radius 2 is 2.35 bits per heavy atom. The van der Waals surface area contributed by atoms with Crippen molar-refractivity contribution < 1.29 is 14.3 Å². The first-order chi connectivity index (χ1) is 11.1. The monoisotopic (exact) mass is 332 g/mol. The molecular weight excluding hydrogens is 312 g/mol. The van der Waals surface area contributed by atoms with Gasteiger partial charge in [-0.2, -0.15) is 0 Å². The van der Waals surface area contributed by atoms with Gasteiger partial charge in [0.15, 0.2) is 0 Å². The first kappa shape index (κ1) is 15.8. The molecule has 122 valence electrons. The topological polar surface area (TPSA) is 51.7 Å². The summed E-state index contributed by atoms with van der Waals surface area (Å²) in [5.41, 5.74) is 1.05. The predicted molar refractivity (Wildman–Crippen MR) is 89.0 cm³/mol. The lowest BCUT2D eigenvalue weighted by atomic mass is 9.95. The Kier molecular flexibility index (Phi) is 4.52. The molecule has 0 saturated carbocycles. The van der Waals surface area contributed by atoms with Gasteiger partial charge in [0.2, 0.25) is 5.91 Å². The van der Waals surface area contributed by atoms with Gasteiger partial charge in [0, 0.05) is 24.2 Å². The number of hydrogen-bond donors (Lipinski definition) is 0. The van der Waals surface area contributed by atoms with Crippen LogP contribution in [0.15, 0.2) is 24.4 Å². The first-order valence-electron chi connectivity index (χ1n) is 7.53. The third-order valence-corrected chi connectivity index (χ3v) is 4.87. The summed E-state index contributed by atoms with van der Waals surface area (Å²) in [6.45, 7) is 2.97. The van der Waals surface area contributed by atoms with Crippen molar-refractivity contribution in [3.8, 4) is 11.5 Å². The molecule has 2 aromatic rings. The summed E-state index contributed by atoms with van der Waals surface area (Å²) in [5.74, 6) is 1.55. The van der Waals surface area contributed by atoms with Gasteiger partial charge in [-0.15, -0.1) is 11.3 Å². The lowest BCUT2D eigenvalue weighted by Gasteiger charge is -2.28. The third-order valence-electron chi connectivity index (χ3n) is 3.97. The Balaban J connectivity index is 1.66. The summed E-state index contributed by atoms with van der Waals surface area (Å²) < 4.78 is 11.0. The molecule has 1 atom stereocenters. The molecule has 1 aromatic heterocycles. The summed E-state index contributed by atoms with van der Waals surface area (Å²) in [4.78, 5) is 19.7. The number of fused-ring (bicyclic) bond motifs is 1. The molecule has 0 spiro atoms. The number of carbonyl (C=O) groups excluding carboxylic acids is 1. The number of amides is 1. The van der Waals surface area contributed by atoms with Gasteiger partial charge in [0.1, 0.15) is 18.1 Å². The highest BCUT2D eigenvalue weighted by Gasteiger charge is 2.28. The molecule has 1 aliphatic rings. The summed E-state index contributed by atoms with van der Waals surface area (Å²) in [5, 5.41) is 1.02. The Morgan fingerprint density at radius 3 is 3.04 bits per heavy atom. The average Bonchev–Trinajstić information content (AvgIpc) is 2.97. The minimum Gasteiger partial charge on any atom is -0.497 e. The molecule has 0 aliphatic carbocycles. The van der Waals surface area contributed by atoms with E-state index in [2.05, 4.69) is 4.98 Å². The number of ether oxygens (including phenoxy) is 2. The highest BCUT2D eigenvalue weighted by molar-refractivity contribution is 7.11. The van der Waals surface area contributed by atoms with Crippen LogP contribution in [0.1, 0.15) is 15.4 Å². The normalized spacial score (nSPS) is 16.4. The van der Waals surface area contributed by atoms with Crippen LogP contribution in [-0.4, -0.2) is 36.6 Å². The highest BCUT2D eigenvalue weighted by atomic mass is 32.1. The van der Waals surface area contributed by atoms with E-state index in [1.165, 1.54) is 0 Å². The van der Waals surface area contributed by atoms with E-state index in [-0.39, 0.29) is 11.8 Å². The van der Waals surface area contributed by atoms with E-state index >= 15 is 0 Å². The van der Waals surface area contributed by atoms with Crippen LogP contribution in [0.4, 0.5) is 0 Å². The fourth-order valence-electron chi connectivity index (χ4n) is 2.74. The number of methoxy groups -OCH3 is 1. The van der Waals surface area contributed by atoms with E-state index in [9.17, 15) is 4.79 Å². The van der Waals surface area contributed by atoms with E-state index in [1.807, 2.05) is 38.4 Å². The van der Waals surface area contributed by atoms with Crippen LogP contribution in [-0.2, 0) is 17.8 Å². The molecule has 23 heavy (non-hydrogen) atoms. The third kappa shape index (κ3) is 3.47. The SMILES string of the molecule is COc1ccc2c(c1)OCC(C(=O)N(C)Cc1cnc(C)s1)C2. The predicted octanol–water partition coefficient (Wildman–Crippen LogP) is 2.67. The van der Waals surface area contributed by atoms with Crippen LogP contribution >= 0.6 is 11.3 Å². The zero-order valence-electron chi connectivity index (χ0n) is 13.5. The highest BCUT2D eigenvalue weighted by Crippen LogP contribution is 2.31. The maximum atomic E-state index is 12.6. The Morgan fingerprint density at radius 1 is 1.52 bits per heavy atom. The molecule has 5 nitrogen and oxygen atoms in total. The van der Waals surface area contributed by atoms with Gasteiger partial charge in [-0.05, 0) is 25.0 Å². The van der Waals surface area contributed by atoms with Gasteiger partial charge in [0.25, 0.3) is 0 Å². The molecule has 0 saturated heterocycles. The van der Waals surface area contributed by atoms with Crippen molar-refractivity contribution in [2.75, 3.05) is 20.8 Å². The van der Waals surface area contributed by atoms with Crippen molar-refractivity contribution in [3.63, 3.8) is 0 Å². The van der Waals surface area contributed by atoms with Crippen molar-refractivity contribution in [1.82, 2.24) is 9.88 Å². The number of thiazole rings is 1. The molecule has 0 radical (unpaired) electrons. The fourth-order valence-corrected chi connectivity index (χ4v) is 3.59. The second-order valence-electron chi connectivity index (χ2n) is 5.73. The second kappa shape index (κ2) is 6.58. The number of aromatic nitrogens is 1. The Bertz CT molecular complexity index is 714. The first-order valence-corrected chi connectivity index (χ1v) is 8.34. The van der Waals surface area contributed by atoms with Crippen molar-refractivity contribution in [3.05, 3.63) is 39.8 Å². The Hall–Kier alpha value is -2.08. The van der Waals surface area contributed by atoms with Crippen molar-refractivity contribution >= 4 is 17.2 Å². The van der Waals surface area contributed by atoms with E-state index in [0.717, 1.165) is 26.9 Å². The maximum absolute atomic E-state index is 12.6. The van der Waals surface area contributed by atoms with Gasteiger partial charge in [-0.3, -0.25) is 4.79 Å². The van der Waals surface area contributed by atoms with Crippen molar-refractivity contribution in [1.29, 1.82) is 0 Å². The molecule has 6 heteroatoms. The summed E-state index contributed by atoms with van der Waals surface area (Å²) in [6.07, 6.45) is 2.53. The summed E-state index contributed by atoms with van der Waals surface area (Å²) >= 11 is 1.62. The number of hydrogen-bond acceptors (Lipinski definition) is 5. The molecule has 3 rings (SSSR count). The number of aryl methyl sites for hydroxylation is 1. The van der Waals surface area contributed by atoms with Gasteiger partial charge in [-0.25, -0.2) is 4.98 Å². The fraction of sp³-hybridized carbons (Fsp3) is 0.412. The molecule has 0 N–H and O–H groups in total. The molecule has 1 unspecified atom stereocenters. The lowest BCUT2D eigenvalue weighted by molar-refractivity contribution is -0.136. The smallest absolute Gasteiger partial charge is 0.229 e. The standard InChI is InChI=1S/C17H20N2O3S/c1-11-18-8-15(23-11)9-19(2)17(20)13-6-12-4-5-14(21-3)7-16(12)22-10-13/h4-5,7-8,13H,6,9-10H2,1-3H3. The average molecular weight is 332 g/mol. The molecule has 0 bridgehead atoms. The van der Waals surface area contributed by atoms with Crippen LogP contribution in [0.5, 0.6) is 11.5 Å². The van der Waals surface area contributed by atoms with Crippen molar-refractivity contribution in [2.24, 2.45) is 5.92 Å². The minimum absolute atomic E-state index is 0.109. The summed E-state index contributed by atoms with van der Waals surface area (Å²) in [7, 11) is 3.47. The van der Waals surface area contributed by atoms with E-state index in [4.69, 9.17) is 9.47 Å². The van der Waals surface area contributed by atoms with Crippen LogP contribution in [0.25, 0.3) is 0 Å². The van der Waals surface area contributed by atoms with Gasteiger partial charge in [-0.1, -0.05) is 6.07 Å². The zero-order chi connectivity index (χ0) is 16.4. The van der Waals surface area contributed by atoms with Crippen molar-refractivity contribution in [2.45, 2.75) is 19.9 Å². The van der Waals surface area contributed by atoms with Gasteiger partial charge < -0.3 is 14.4 Å². The molecule has 0 fully saturated rings. The molecular formula is C17H20N2O3S. The minimum atomic E-state index is -0.144. The van der Waals surface area contributed by atoms with E-state index in [0.29, 0.717) is 19.6 Å². The van der Waals surface area contributed by atoms with Crippen LogP contribution in [0.3, 0.4) is 0 Å². The van der Waals surface area contributed by atoms with E-state index < -0.39 is 0 Å². The number of nitrogens with zero attached hydrogens (tertiary/aromatic N) is 2. The number of benzene rings is 1. The van der Waals surface area contributed by atoms with Gasteiger partial charge >= 0.3 is 0 Å². The summed E-state index contributed by atoms with van der Waals surface area (Å²) in [6, 6.07) is 5.75. The van der Waals surface area contributed by atoms with Crippen LogP contribution < -0.4 is 9.47 Å². The van der Waals surface area contributed by atoms with Crippen LogP contribution in [0.2, 0.25) is 0 Å². The second-order valence-corrected chi connectivity index (χ2v) is 7.04. The maximum Gasteiger partial charge on any atom is 0.229 e. The lowest BCUT2D eigenvalue weighted by Crippen LogP contribution is -2.38. The number of carbonyl (C=O) groups is 1. The molecule has 2 heterocycles. The molecule has 1 aliphatic heterocycles. The molecule has 1 aromatic carbocycles. The van der Waals surface area contributed by atoms with Gasteiger partial charge in [0.05, 0.1) is 24.6 Å². The largest absolute Gasteiger partial charge is 0.497 e. The molecule has 1 amide bonds.